The Labute approximate surface area is 161 Å². The van der Waals surface area contributed by atoms with E-state index < -0.39 is 5.91 Å². The summed E-state index contributed by atoms with van der Waals surface area (Å²) in [5.41, 5.74) is 1.13. The van der Waals surface area contributed by atoms with Gasteiger partial charge in [-0.25, -0.2) is 0 Å². The molecule has 3 heterocycles. The van der Waals surface area contributed by atoms with Gasteiger partial charge in [-0.3, -0.25) is 14.5 Å². The number of carbonyl (C=O) groups is 1. The van der Waals surface area contributed by atoms with Gasteiger partial charge in [0.15, 0.2) is 11.2 Å². The van der Waals surface area contributed by atoms with Crippen LogP contribution < -0.4 is 10.7 Å². The molecule has 1 fully saturated rings. The summed E-state index contributed by atoms with van der Waals surface area (Å²) in [4.78, 5) is 27.2. The molecule has 1 N–H and O–H groups in total. The highest BCUT2D eigenvalue weighted by molar-refractivity contribution is 5.93. The fraction of sp³-hybridized carbons (Fsp3) is 0.333. The number of nitrogens with zero attached hydrogens (tertiary/aromatic N) is 1. The van der Waals surface area contributed by atoms with Crippen LogP contribution in [0.3, 0.4) is 0 Å². The lowest BCUT2D eigenvalue weighted by Gasteiger charge is -2.33. The van der Waals surface area contributed by atoms with E-state index in [1.807, 2.05) is 25.1 Å². The van der Waals surface area contributed by atoms with Crippen molar-refractivity contribution in [2.24, 2.45) is 0 Å². The molecule has 1 aromatic carbocycles. The summed E-state index contributed by atoms with van der Waals surface area (Å²) in [5.74, 6) is 0.353. The molecule has 1 amide bonds. The zero-order valence-corrected chi connectivity index (χ0v) is 15.6. The number of benzene rings is 1. The molecule has 1 aliphatic heterocycles. The van der Waals surface area contributed by atoms with E-state index in [0.717, 1.165) is 24.4 Å². The van der Waals surface area contributed by atoms with Crippen molar-refractivity contribution in [3.05, 3.63) is 70.0 Å². The Hall–Kier alpha value is -2.90. The van der Waals surface area contributed by atoms with Crippen LogP contribution in [0, 0.1) is 6.92 Å². The quantitative estimate of drug-likeness (QED) is 0.730. The Kier molecular flexibility index (Phi) is 5.27. The first-order chi connectivity index (χ1) is 13.6. The van der Waals surface area contributed by atoms with Gasteiger partial charge in [0, 0.05) is 25.7 Å². The molecule has 0 unspecified atom stereocenters. The summed E-state index contributed by atoms with van der Waals surface area (Å²) in [5, 5.41) is 3.34. The van der Waals surface area contributed by atoms with E-state index in [2.05, 4.69) is 10.2 Å². The predicted molar refractivity (Wildman–Crippen MR) is 103 cm³/mol. The van der Waals surface area contributed by atoms with Crippen LogP contribution in [-0.2, 0) is 4.74 Å². The Morgan fingerprint density at radius 1 is 1.21 bits per heavy atom. The van der Waals surface area contributed by atoms with Gasteiger partial charge in [0.05, 0.1) is 30.9 Å². The van der Waals surface area contributed by atoms with Crippen molar-refractivity contribution in [1.82, 2.24) is 10.2 Å². The minimum absolute atomic E-state index is 0.00303. The number of hydrogen-bond donors (Lipinski definition) is 1. The van der Waals surface area contributed by atoms with Gasteiger partial charge in [-0.05, 0) is 36.8 Å². The first-order valence-corrected chi connectivity index (χ1v) is 9.30. The number of ether oxygens (including phenoxy) is 1. The molecule has 0 radical (unpaired) electrons. The van der Waals surface area contributed by atoms with Gasteiger partial charge in [-0.2, -0.15) is 0 Å². The fourth-order valence-corrected chi connectivity index (χ4v) is 3.43. The topological polar surface area (TPSA) is 84.9 Å². The Morgan fingerprint density at radius 2 is 2.04 bits per heavy atom. The molecule has 0 bridgehead atoms. The normalized spacial score (nSPS) is 16.2. The van der Waals surface area contributed by atoms with Gasteiger partial charge in [0.2, 0.25) is 0 Å². The number of aryl methyl sites for hydroxylation is 1. The summed E-state index contributed by atoms with van der Waals surface area (Å²) in [6.07, 6.45) is 1.62. The molecule has 2 aromatic heterocycles. The summed E-state index contributed by atoms with van der Waals surface area (Å²) in [7, 11) is 0. The molecular formula is C21H22N2O5. The fourth-order valence-electron chi connectivity index (χ4n) is 3.43. The van der Waals surface area contributed by atoms with Crippen molar-refractivity contribution in [3.8, 4) is 0 Å². The average Bonchev–Trinajstić information content (AvgIpc) is 3.23. The Morgan fingerprint density at radius 3 is 2.79 bits per heavy atom. The van der Waals surface area contributed by atoms with Crippen LogP contribution in [0.4, 0.5) is 0 Å². The lowest BCUT2D eigenvalue weighted by atomic mass is 10.1. The van der Waals surface area contributed by atoms with E-state index in [4.69, 9.17) is 13.6 Å². The number of hydrogen-bond acceptors (Lipinski definition) is 6. The molecule has 7 nitrogen and oxygen atoms in total. The minimum Gasteiger partial charge on any atom is -0.468 e. The Balaban J connectivity index is 1.53. The van der Waals surface area contributed by atoms with Crippen molar-refractivity contribution < 1.29 is 18.4 Å². The van der Waals surface area contributed by atoms with Crippen LogP contribution in [-0.4, -0.2) is 43.7 Å². The zero-order valence-electron chi connectivity index (χ0n) is 15.6. The van der Waals surface area contributed by atoms with Crippen molar-refractivity contribution >= 4 is 16.9 Å². The Bertz CT molecular complexity index is 1020. The summed E-state index contributed by atoms with van der Waals surface area (Å²) in [6, 6.07) is 10.2. The van der Waals surface area contributed by atoms with Crippen LogP contribution in [0.15, 0.2) is 56.3 Å². The molecule has 7 heteroatoms. The average molecular weight is 382 g/mol. The van der Waals surface area contributed by atoms with Crippen LogP contribution >= 0.6 is 0 Å². The second-order valence-corrected chi connectivity index (χ2v) is 6.86. The molecule has 0 aliphatic carbocycles. The van der Waals surface area contributed by atoms with E-state index >= 15 is 0 Å². The monoisotopic (exact) mass is 382 g/mol. The van der Waals surface area contributed by atoms with Gasteiger partial charge in [0.25, 0.3) is 5.91 Å². The number of fused-ring (bicyclic) bond motifs is 1. The van der Waals surface area contributed by atoms with E-state index in [-0.39, 0.29) is 17.2 Å². The van der Waals surface area contributed by atoms with E-state index in [1.54, 1.807) is 18.4 Å². The second kappa shape index (κ2) is 8.00. The third kappa shape index (κ3) is 3.85. The molecule has 1 atom stereocenters. The van der Waals surface area contributed by atoms with Crippen molar-refractivity contribution in [2.75, 3.05) is 32.8 Å². The second-order valence-electron chi connectivity index (χ2n) is 6.86. The third-order valence-corrected chi connectivity index (χ3v) is 4.92. The maximum atomic E-state index is 12.7. The molecule has 0 spiro atoms. The van der Waals surface area contributed by atoms with Crippen LogP contribution in [0.5, 0.6) is 0 Å². The van der Waals surface area contributed by atoms with Crippen LogP contribution in [0.2, 0.25) is 0 Å². The van der Waals surface area contributed by atoms with E-state index in [0.29, 0.717) is 30.7 Å². The van der Waals surface area contributed by atoms with Gasteiger partial charge in [0.1, 0.15) is 11.3 Å². The third-order valence-electron chi connectivity index (χ3n) is 4.92. The van der Waals surface area contributed by atoms with Crippen molar-refractivity contribution in [3.63, 3.8) is 0 Å². The smallest absolute Gasteiger partial charge is 0.287 e. The van der Waals surface area contributed by atoms with E-state index in [9.17, 15) is 9.59 Å². The number of carbonyl (C=O) groups excluding carboxylic acids is 1. The highest BCUT2D eigenvalue weighted by atomic mass is 16.5. The number of rotatable bonds is 5. The summed E-state index contributed by atoms with van der Waals surface area (Å²) in [6.45, 7) is 5.04. The predicted octanol–water partition coefficient (Wildman–Crippen LogP) is 2.50. The largest absolute Gasteiger partial charge is 0.468 e. The van der Waals surface area contributed by atoms with Crippen molar-refractivity contribution in [2.45, 2.75) is 13.0 Å². The number of morpholine rings is 1. The first-order valence-electron chi connectivity index (χ1n) is 9.30. The lowest BCUT2D eigenvalue weighted by Crippen LogP contribution is -2.43. The minimum atomic E-state index is -0.426. The highest BCUT2D eigenvalue weighted by Crippen LogP contribution is 2.22. The summed E-state index contributed by atoms with van der Waals surface area (Å²) >= 11 is 0. The number of nitrogens with one attached hydrogen (secondary N) is 1. The summed E-state index contributed by atoms with van der Waals surface area (Å²) < 4.78 is 16.7. The van der Waals surface area contributed by atoms with Gasteiger partial charge in [-0.15, -0.1) is 0 Å². The van der Waals surface area contributed by atoms with Crippen LogP contribution in [0.1, 0.15) is 27.9 Å². The number of amides is 1. The SMILES string of the molecule is Cc1ccc2c(=O)cc(C(=O)NC[C@H](c3ccco3)N3CCOCC3)oc2c1. The van der Waals surface area contributed by atoms with Crippen LogP contribution in [0.25, 0.3) is 11.0 Å². The lowest BCUT2D eigenvalue weighted by molar-refractivity contribution is 0.0117. The maximum Gasteiger partial charge on any atom is 0.287 e. The van der Waals surface area contributed by atoms with E-state index in [1.165, 1.54) is 6.07 Å². The molecule has 28 heavy (non-hydrogen) atoms. The molecule has 4 rings (SSSR count). The maximum absolute atomic E-state index is 12.7. The molecular weight excluding hydrogens is 360 g/mol. The molecule has 1 saturated heterocycles. The standard InChI is InChI=1S/C21H22N2O5/c1-14-4-5-15-17(24)12-20(28-19(15)11-14)21(25)22-13-16(18-3-2-8-27-18)23-6-9-26-10-7-23/h2-5,8,11-12,16H,6-7,9-10,13H2,1H3,(H,22,25)/t16-/m1/s1. The van der Waals surface area contributed by atoms with Crippen molar-refractivity contribution in [1.29, 1.82) is 0 Å². The van der Waals surface area contributed by atoms with Gasteiger partial charge >= 0.3 is 0 Å². The number of furan rings is 1. The molecule has 3 aromatic rings. The van der Waals surface area contributed by atoms with Gasteiger partial charge < -0.3 is 18.9 Å². The highest BCUT2D eigenvalue weighted by Gasteiger charge is 2.26. The first kappa shape index (κ1) is 18.5. The molecule has 0 saturated carbocycles. The zero-order chi connectivity index (χ0) is 19.5. The molecule has 1 aliphatic rings. The van der Waals surface area contributed by atoms with Gasteiger partial charge in [-0.1, -0.05) is 6.07 Å². The molecule has 146 valence electrons.